The summed E-state index contributed by atoms with van der Waals surface area (Å²) in [6.45, 7) is 2.16. The number of likely N-dealkylation sites (tertiary alicyclic amines) is 1. The lowest BCUT2D eigenvalue weighted by Gasteiger charge is -2.23. The van der Waals surface area contributed by atoms with Gasteiger partial charge in [-0.05, 0) is 30.5 Å². The molecule has 4 nitrogen and oxygen atoms in total. The molecule has 1 aromatic carbocycles. The summed E-state index contributed by atoms with van der Waals surface area (Å²) in [4.78, 5) is 15.5. The van der Waals surface area contributed by atoms with Gasteiger partial charge in [0.05, 0.1) is 12.2 Å². The number of rotatable bonds is 4. The van der Waals surface area contributed by atoms with E-state index in [1.54, 1.807) is 24.1 Å². The van der Waals surface area contributed by atoms with Crippen LogP contribution in [0.2, 0.25) is 0 Å². The lowest BCUT2D eigenvalue weighted by atomic mass is 10.2. The summed E-state index contributed by atoms with van der Waals surface area (Å²) in [6.07, 6.45) is 2.13. The molecule has 104 valence electrons. The maximum atomic E-state index is 13.9. The van der Waals surface area contributed by atoms with Gasteiger partial charge in [-0.1, -0.05) is 6.07 Å². The van der Waals surface area contributed by atoms with Gasteiger partial charge in [-0.2, -0.15) is 0 Å². The first-order valence-electron chi connectivity index (χ1n) is 6.59. The Kier molecular flexibility index (Phi) is 4.37. The Morgan fingerprint density at radius 3 is 2.68 bits per heavy atom. The molecule has 0 aromatic heterocycles. The predicted molar refractivity (Wildman–Crippen MR) is 73.4 cm³/mol. The monoisotopic (exact) mass is 265 g/mol. The average molecular weight is 265 g/mol. The van der Waals surface area contributed by atoms with Crippen molar-refractivity contribution in [3.8, 4) is 0 Å². The van der Waals surface area contributed by atoms with Crippen molar-refractivity contribution in [2.45, 2.75) is 19.4 Å². The summed E-state index contributed by atoms with van der Waals surface area (Å²) in [6, 6.07) is 4.89. The number of hydrogen-bond donors (Lipinski definition) is 1. The van der Waals surface area contributed by atoms with Crippen LogP contribution in [-0.2, 0) is 11.3 Å². The summed E-state index contributed by atoms with van der Waals surface area (Å²) < 4.78 is 13.9. The summed E-state index contributed by atoms with van der Waals surface area (Å²) in [5, 5.41) is 0. The molecule has 0 aliphatic carbocycles. The number of amides is 1. The SMILES string of the molecule is CN(CC(=O)N1CCCC1)c1ccc(CN)cc1F. The van der Waals surface area contributed by atoms with E-state index in [0.717, 1.165) is 31.5 Å². The van der Waals surface area contributed by atoms with Crippen molar-refractivity contribution in [3.05, 3.63) is 29.6 Å². The topological polar surface area (TPSA) is 49.6 Å². The molecule has 1 saturated heterocycles. The van der Waals surface area contributed by atoms with Gasteiger partial charge in [0.1, 0.15) is 5.82 Å². The van der Waals surface area contributed by atoms with Crippen LogP contribution in [0.5, 0.6) is 0 Å². The molecule has 1 aliphatic heterocycles. The summed E-state index contributed by atoms with van der Waals surface area (Å²) in [5.74, 6) is -0.276. The number of nitrogens with two attached hydrogens (primary N) is 1. The molecule has 0 spiro atoms. The van der Waals surface area contributed by atoms with Gasteiger partial charge in [-0.15, -0.1) is 0 Å². The van der Waals surface area contributed by atoms with E-state index in [2.05, 4.69) is 0 Å². The highest BCUT2D eigenvalue weighted by Crippen LogP contribution is 2.19. The van der Waals surface area contributed by atoms with E-state index in [4.69, 9.17) is 5.73 Å². The zero-order chi connectivity index (χ0) is 13.8. The minimum Gasteiger partial charge on any atom is -0.363 e. The van der Waals surface area contributed by atoms with E-state index in [1.165, 1.54) is 6.07 Å². The van der Waals surface area contributed by atoms with Gasteiger partial charge in [0.2, 0.25) is 5.91 Å². The number of hydrogen-bond acceptors (Lipinski definition) is 3. The van der Waals surface area contributed by atoms with E-state index in [0.29, 0.717) is 12.2 Å². The molecular formula is C14H20FN3O. The van der Waals surface area contributed by atoms with Crippen LogP contribution in [0.3, 0.4) is 0 Å². The van der Waals surface area contributed by atoms with E-state index in [9.17, 15) is 9.18 Å². The minimum absolute atomic E-state index is 0.0577. The number of likely N-dealkylation sites (N-methyl/N-ethyl adjacent to an activating group) is 1. The lowest BCUT2D eigenvalue weighted by molar-refractivity contribution is -0.128. The molecule has 0 radical (unpaired) electrons. The molecule has 1 fully saturated rings. The third-order valence-electron chi connectivity index (χ3n) is 3.49. The van der Waals surface area contributed by atoms with Gasteiger partial charge in [-0.25, -0.2) is 4.39 Å². The van der Waals surface area contributed by atoms with Gasteiger partial charge in [0.25, 0.3) is 0 Å². The van der Waals surface area contributed by atoms with Crippen LogP contribution in [0.4, 0.5) is 10.1 Å². The number of nitrogens with zero attached hydrogens (tertiary/aromatic N) is 2. The van der Waals surface area contributed by atoms with Crippen LogP contribution in [0.25, 0.3) is 0 Å². The summed E-state index contributed by atoms with van der Waals surface area (Å²) in [5.41, 5.74) is 6.65. The molecule has 1 heterocycles. The van der Waals surface area contributed by atoms with E-state index < -0.39 is 0 Å². The van der Waals surface area contributed by atoms with Crippen molar-refractivity contribution in [2.24, 2.45) is 5.73 Å². The van der Waals surface area contributed by atoms with Gasteiger partial charge >= 0.3 is 0 Å². The Hall–Kier alpha value is -1.62. The third-order valence-corrected chi connectivity index (χ3v) is 3.49. The molecule has 0 atom stereocenters. The molecular weight excluding hydrogens is 245 g/mol. The Balaban J connectivity index is 2.02. The van der Waals surface area contributed by atoms with Crippen LogP contribution in [0.15, 0.2) is 18.2 Å². The molecule has 1 aromatic rings. The van der Waals surface area contributed by atoms with Crippen LogP contribution >= 0.6 is 0 Å². The summed E-state index contributed by atoms with van der Waals surface area (Å²) in [7, 11) is 1.73. The molecule has 0 bridgehead atoms. The van der Waals surface area contributed by atoms with Gasteiger partial charge in [0, 0.05) is 26.7 Å². The largest absolute Gasteiger partial charge is 0.363 e. The highest BCUT2D eigenvalue weighted by molar-refractivity contribution is 5.81. The molecule has 5 heteroatoms. The van der Waals surface area contributed by atoms with Crippen LogP contribution in [-0.4, -0.2) is 37.5 Å². The Labute approximate surface area is 113 Å². The Morgan fingerprint density at radius 2 is 2.11 bits per heavy atom. The van der Waals surface area contributed by atoms with Crippen LogP contribution < -0.4 is 10.6 Å². The van der Waals surface area contributed by atoms with Gasteiger partial charge in [0.15, 0.2) is 0 Å². The quantitative estimate of drug-likeness (QED) is 0.894. The zero-order valence-corrected chi connectivity index (χ0v) is 11.2. The molecule has 0 unspecified atom stereocenters. The molecule has 1 amide bonds. The first-order valence-corrected chi connectivity index (χ1v) is 6.59. The van der Waals surface area contributed by atoms with Gasteiger partial charge in [-0.3, -0.25) is 4.79 Å². The first-order chi connectivity index (χ1) is 9.11. The van der Waals surface area contributed by atoms with Crippen molar-refractivity contribution < 1.29 is 9.18 Å². The minimum atomic E-state index is -0.334. The highest BCUT2D eigenvalue weighted by Gasteiger charge is 2.20. The average Bonchev–Trinajstić information content (AvgIpc) is 2.92. The maximum absolute atomic E-state index is 13.9. The van der Waals surface area contributed by atoms with Crippen molar-refractivity contribution in [1.82, 2.24) is 4.90 Å². The molecule has 19 heavy (non-hydrogen) atoms. The second-order valence-corrected chi connectivity index (χ2v) is 4.93. The predicted octanol–water partition coefficient (Wildman–Crippen LogP) is 1.34. The van der Waals surface area contributed by atoms with E-state index in [-0.39, 0.29) is 18.3 Å². The number of halogens is 1. The fraction of sp³-hybridized carbons (Fsp3) is 0.500. The number of carbonyl (C=O) groups is 1. The fourth-order valence-corrected chi connectivity index (χ4v) is 2.34. The van der Waals surface area contributed by atoms with Gasteiger partial charge < -0.3 is 15.5 Å². The van der Waals surface area contributed by atoms with E-state index >= 15 is 0 Å². The molecule has 2 N–H and O–H groups in total. The fourth-order valence-electron chi connectivity index (χ4n) is 2.34. The molecule has 0 saturated carbocycles. The van der Waals surface area contributed by atoms with E-state index in [1.807, 2.05) is 4.90 Å². The Morgan fingerprint density at radius 1 is 1.42 bits per heavy atom. The standard InChI is InChI=1S/C14H20FN3O/c1-17(10-14(19)18-6-2-3-7-18)13-5-4-11(9-16)8-12(13)15/h4-5,8H,2-3,6-7,9-10,16H2,1H3. The third kappa shape index (κ3) is 3.23. The number of carbonyl (C=O) groups excluding carboxylic acids is 1. The highest BCUT2D eigenvalue weighted by atomic mass is 19.1. The molecule has 2 rings (SSSR count). The lowest BCUT2D eigenvalue weighted by Crippen LogP contribution is -2.37. The smallest absolute Gasteiger partial charge is 0.242 e. The number of anilines is 1. The first kappa shape index (κ1) is 13.8. The van der Waals surface area contributed by atoms with Crippen molar-refractivity contribution in [2.75, 3.05) is 31.6 Å². The second-order valence-electron chi connectivity index (χ2n) is 4.93. The van der Waals surface area contributed by atoms with Crippen LogP contribution in [0.1, 0.15) is 18.4 Å². The molecule has 1 aliphatic rings. The Bertz CT molecular complexity index is 458. The van der Waals surface area contributed by atoms with Crippen molar-refractivity contribution in [3.63, 3.8) is 0 Å². The summed E-state index contributed by atoms with van der Waals surface area (Å²) >= 11 is 0. The second kappa shape index (κ2) is 6.02. The number of benzene rings is 1. The van der Waals surface area contributed by atoms with Crippen molar-refractivity contribution >= 4 is 11.6 Å². The van der Waals surface area contributed by atoms with Crippen molar-refractivity contribution in [1.29, 1.82) is 0 Å². The maximum Gasteiger partial charge on any atom is 0.242 e. The van der Waals surface area contributed by atoms with Crippen LogP contribution in [0, 0.1) is 5.82 Å². The zero-order valence-electron chi connectivity index (χ0n) is 11.2. The normalized spacial score (nSPS) is 14.8.